The number of carbonyl (C=O) groups excluding carboxylic acids is 1. The molecule has 3 fully saturated rings. The Bertz CT molecular complexity index is 634. The molecule has 1 aromatic heterocycles. The van der Waals surface area contributed by atoms with Gasteiger partial charge in [-0.25, -0.2) is 9.97 Å². The zero-order valence-electron chi connectivity index (χ0n) is 15.6. The largest absolute Gasteiger partial charge is 0.378 e. The zero-order valence-corrected chi connectivity index (χ0v) is 15.6. The van der Waals surface area contributed by atoms with Gasteiger partial charge in [-0.15, -0.1) is 0 Å². The van der Waals surface area contributed by atoms with Crippen molar-refractivity contribution in [2.75, 3.05) is 55.7 Å². The summed E-state index contributed by atoms with van der Waals surface area (Å²) in [6.07, 6.45) is 5.44. The van der Waals surface area contributed by atoms with Gasteiger partial charge in [-0.1, -0.05) is 6.92 Å². The maximum atomic E-state index is 12.3. The minimum atomic E-state index is 0.346. The summed E-state index contributed by atoms with van der Waals surface area (Å²) in [4.78, 5) is 28.1. The van der Waals surface area contributed by atoms with Gasteiger partial charge in [0.25, 0.3) is 0 Å². The van der Waals surface area contributed by atoms with E-state index in [4.69, 9.17) is 4.74 Å². The Morgan fingerprint density at radius 1 is 1.12 bits per heavy atom. The van der Waals surface area contributed by atoms with Gasteiger partial charge in [-0.2, -0.15) is 0 Å². The fourth-order valence-electron chi connectivity index (χ4n) is 4.57. The smallest absolute Gasteiger partial charge is 0.222 e. The molecule has 0 saturated carbocycles. The molecule has 3 aliphatic heterocycles. The number of likely N-dealkylation sites (tertiary alicyclic amines) is 1. The molecular weight excluding hydrogens is 330 g/mol. The molecular formula is C19H29N5O2. The van der Waals surface area contributed by atoms with E-state index in [1.54, 1.807) is 6.33 Å². The van der Waals surface area contributed by atoms with E-state index in [0.29, 0.717) is 24.3 Å². The van der Waals surface area contributed by atoms with Gasteiger partial charge in [0.1, 0.15) is 18.0 Å². The second-order valence-corrected chi connectivity index (χ2v) is 7.52. The molecule has 2 atom stereocenters. The van der Waals surface area contributed by atoms with E-state index in [9.17, 15) is 4.79 Å². The highest BCUT2D eigenvalue weighted by atomic mass is 16.5. The van der Waals surface area contributed by atoms with Crippen molar-refractivity contribution in [1.82, 2.24) is 14.9 Å². The van der Waals surface area contributed by atoms with E-state index in [1.807, 2.05) is 0 Å². The molecule has 7 heteroatoms. The topological polar surface area (TPSA) is 61.8 Å². The predicted molar refractivity (Wildman–Crippen MR) is 100 cm³/mol. The normalized spacial score (nSPS) is 26.8. The molecule has 0 radical (unpaired) electrons. The van der Waals surface area contributed by atoms with Crippen molar-refractivity contribution in [2.24, 2.45) is 5.92 Å². The van der Waals surface area contributed by atoms with E-state index in [-0.39, 0.29) is 0 Å². The second kappa shape index (κ2) is 7.78. The van der Waals surface area contributed by atoms with Gasteiger partial charge in [0, 0.05) is 51.3 Å². The lowest BCUT2D eigenvalue weighted by atomic mass is 9.83. The number of nitrogens with zero attached hydrogens (tertiary/aromatic N) is 5. The highest BCUT2D eigenvalue weighted by molar-refractivity contribution is 5.77. The lowest BCUT2D eigenvalue weighted by Crippen LogP contribution is -2.56. The molecule has 7 nitrogen and oxygen atoms in total. The minimum Gasteiger partial charge on any atom is -0.378 e. The molecule has 0 bridgehead atoms. The highest BCUT2D eigenvalue weighted by Gasteiger charge is 2.39. The van der Waals surface area contributed by atoms with Crippen molar-refractivity contribution in [3.63, 3.8) is 0 Å². The Hall–Kier alpha value is -1.89. The molecule has 3 saturated heterocycles. The van der Waals surface area contributed by atoms with Crippen LogP contribution in [0.3, 0.4) is 0 Å². The van der Waals surface area contributed by atoms with E-state index >= 15 is 0 Å². The maximum absolute atomic E-state index is 12.3. The standard InChI is InChI=1S/C19H29N5O2/c1-2-6-24-16-5-7-23(13-15(16)3-4-19(24)25)18-12-17(20-14-21-18)22-8-10-26-11-9-22/h12,14-16H,2-11,13H2,1H3/t15-,16+/m0/s1. The summed E-state index contributed by atoms with van der Waals surface area (Å²) in [7, 11) is 0. The average Bonchev–Trinajstić information content (AvgIpc) is 2.71. The number of rotatable bonds is 4. The number of piperidine rings is 2. The van der Waals surface area contributed by atoms with Crippen LogP contribution in [0.2, 0.25) is 0 Å². The predicted octanol–water partition coefficient (Wildman–Crippen LogP) is 1.54. The lowest BCUT2D eigenvalue weighted by molar-refractivity contribution is -0.139. The molecule has 3 aliphatic rings. The van der Waals surface area contributed by atoms with Crippen molar-refractivity contribution in [3.8, 4) is 0 Å². The number of carbonyl (C=O) groups is 1. The molecule has 0 aromatic carbocycles. The van der Waals surface area contributed by atoms with Gasteiger partial charge in [0.15, 0.2) is 0 Å². The second-order valence-electron chi connectivity index (χ2n) is 7.52. The molecule has 26 heavy (non-hydrogen) atoms. The average molecular weight is 359 g/mol. The van der Waals surface area contributed by atoms with Gasteiger partial charge in [-0.3, -0.25) is 4.79 Å². The number of anilines is 2. The Morgan fingerprint density at radius 2 is 1.88 bits per heavy atom. The van der Waals surface area contributed by atoms with Crippen LogP contribution in [0.15, 0.2) is 12.4 Å². The number of morpholine rings is 1. The molecule has 4 heterocycles. The van der Waals surface area contributed by atoms with Crippen LogP contribution in [-0.4, -0.2) is 72.8 Å². The molecule has 0 aliphatic carbocycles. The summed E-state index contributed by atoms with van der Waals surface area (Å²) in [5, 5.41) is 0. The number of hydrogen-bond acceptors (Lipinski definition) is 6. The maximum Gasteiger partial charge on any atom is 0.222 e. The van der Waals surface area contributed by atoms with Crippen LogP contribution in [0.25, 0.3) is 0 Å². The third-order valence-electron chi connectivity index (χ3n) is 5.91. The fraction of sp³-hybridized carbons (Fsp3) is 0.737. The quantitative estimate of drug-likeness (QED) is 0.813. The van der Waals surface area contributed by atoms with E-state index < -0.39 is 0 Å². The fourth-order valence-corrected chi connectivity index (χ4v) is 4.57. The van der Waals surface area contributed by atoms with Gasteiger partial charge in [0.05, 0.1) is 13.2 Å². The first-order valence-corrected chi connectivity index (χ1v) is 9.95. The summed E-state index contributed by atoms with van der Waals surface area (Å²) < 4.78 is 5.44. The Kier molecular flexibility index (Phi) is 5.24. The summed E-state index contributed by atoms with van der Waals surface area (Å²) >= 11 is 0. The summed E-state index contributed by atoms with van der Waals surface area (Å²) in [6.45, 7) is 8.27. The van der Waals surface area contributed by atoms with Gasteiger partial charge in [0.2, 0.25) is 5.91 Å². The highest BCUT2D eigenvalue weighted by Crippen LogP contribution is 2.33. The van der Waals surface area contributed by atoms with Crippen LogP contribution in [0.4, 0.5) is 11.6 Å². The van der Waals surface area contributed by atoms with Crippen molar-refractivity contribution in [1.29, 1.82) is 0 Å². The number of aromatic nitrogens is 2. The van der Waals surface area contributed by atoms with Crippen molar-refractivity contribution in [2.45, 2.75) is 38.6 Å². The first-order chi connectivity index (χ1) is 12.8. The van der Waals surface area contributed by atoms with Crippen LogP contribution in [-0.2, 0) is 9.53 Å². The van der Waals surface area contributed by atoms with Crippen LogP contribution in [0.1, 0.15) is 32.6 Å². The SMILES string of the molecule is CCCN1C(=O)CC[C@H]2CN(c3cc(N4CCOCC4)ncn3)CC[C@H]21. The summed E-state index contributed by atoms with van der Waals surface area (Å²) in [6, 6.07) is 2.52. The third kappa shape index (κ3) is 3.49. The van der Waals surface area contributed by atoms with Crippen molar-refractivity contribution in [3.05, 3.63) is 12.4 Å². The van der Waals surface area contributed by atoms with E-state index in [2.05, 4.69) is 37.7 Å². The van der Waals surface area contributed by atoms with Gasteiger partial charge in [-0.05, 0) is 25.2 Å². The van der Waals surface area contributed by atoms with Crippen LogP contribution in [0, 0.1) is 5.92 Å². The summed E-state index contributed by atoms with van der Waals surface area (Å²) in [5.41, 5.74) is 0. The first kappa shape index (κ1) is 17.5. The van der Waals surface area contributed by atoms with E-state index in [0.717, 1.165) is 76.8 Å². The van der Waals surface area contributed by atoms with Crippen LogP contribution < -0.4 is 9.80 Å². The number of ether oxygens (including phenoxy) is 1. The van der Waals surface area contributed by atoms with Crippen LogP contribution >= 0.6 is 0 Å². The third-order valence-corrected chi connectivity index (χ3v) is 5.91. The molecule has 1 aromatic rings. The number of fused-ring (bicyclic) bond motifs is 1. The molecule has 4 rings (SSSR count). The molecule has 0 unspecified atom stereocenters. The lowest BCUT2D eigenvalue weighted by Gasteiger charge is -2.47. The minimum absolute atomic E-state index is 0.346. The molecule has 1 amide bonds. The van der Waals surface area contributed by atoms with Crippen molar-refractivity contribution < 1.29 is 9.53 Å². The van der Waals surface area contributed by atoms with Crippen LogP contribution in [0.5, 0.6) is 0 Å². The molecule has 142 valence electrons. The number of amides is 1. The Balaban J connectivity index is 1.46. The molecule has 0 spiro atoms. The van der Waals surface area contributed by atoms with Crippen molar-refractivity contribution >= 4 is 17.5 Å². The van der Waals surface area contributed by atoms with E-state index in [1.165, 1.54) is 0 Å². The van der Waals surface area contributed by atoms with Gasteiger partial charge >= 0.3 is 0 Å². The number of hydrogen-bond donors (Lipinski definition) is 0. The molecule has 0 N–H and O–H groups in total. The summed E-state index contributed by atoms with van der Waals surface area (Å²) in [5.74, 6) is 2.90. The monoisotopic (exact) mass is 359 g/mol. The van der Waals surface area contributed by atoms with Gasteiger partial charge < -0.3 is 19.4 Å². The zero-order chi connectivity index (χ0) is 17.9. The Labute approximate surface area is 155 Å². The first-order valence-electron chi connectivity index (χ1n) is 9.95. The Morgan fingerprint density at radius 3 is 2.65 bits per heavy atom.